The molecular formula is C19H16Cl2N4O. The number of rotatable bonds is 4. The van der Waals surface area contributed by atoms with Gasteiger partial charge in [0.1, 0.15) is 5.69 Å². The van der Waals surface area contributed by atoms with Crippen LogP contribution in [0, 0.1) is 13.8 Å². The first-order valence-corrected chi connectivity index (χ1v) is 8.63. The fraction of sp³-hybridized carbons (Fsp3) is 0.105. The molecule has 1 amide bonds. The minimum Gasteiger partial charge on any atom is -0.322 e. The number of amides is 1. The number of aromatic nitrogens is 2. The van der Waals surface area contributed by atoms with Gasteiger partial charge in [0.05, 0.1) is 15.7 Å². The van der Waals surface area contributed by atoms with Gasteiger partial charge in [-0.1, -0.05) is 47.0 Å². The lowest BCUT2D eigenvalue weighted by Crippen LogP contribution is -2.15. The molecule has 0 bridgehead atoms. The summed E-state index contributed by atoms with van der Waals surface area (Å²) in [5, 5.41) is 6.68. The van der Waals surface area contributed by atoms with Crippen LogP contribution >= 0.6 is 23.2 Å². The number of anilines is 3. The smallest absolute Gasteiger partial charge is 0.274 e. The molecule has 0 aliphatic carbocycles. The monoisotopic (exact) mass is 386 g/mol. The summed E-state index contributed by atoms with van der Waals surface area (Å²) in [5.74, 6) is -0.0817. The second-order valence-corrected chi connectivity index (χ2v) is 6.57. The topological polar surface area (TPSA) is 66.9 Å². The van der Waals surface area contributed by atoms with Gasteiger partial charge in [-0.05, 0) is 44.2 Å². The van der Waals surface area contributed by atoms with Crippen LogP contribution in [0.1, 0.15) is 21.7 Å². The van der Waals surface area contributed by atoms with Crippen molar-refractivity contribution in [3.8, 4) is 0 Å². The summed E-state index contributed by atoms with van der Waals surface area (Å²) < 4.78 is 0. The van der Waals surface area contributed by atoms with Gasteiger partial charge in [-0.2, -0.15) is 0 Å². The average molecular weight is 387 g/mol. The Labute approximate surface area is 161 Å². The van der Waals surface area contributed by atoms with Crippen molar-refractivity contribution >= 4 is 46.4 Å². The second kappa shape index (κ2) is 7.72. The summed E-state index contributed by atoms with van der Waals surface area (Å²) in [5.41, 5.74) is 3.18. The Bertz CT molecular complexity index is 938. The van der Waals surface area contributed by atoms with E-state index in [1.54, 1.807) is 31.2 Å². The number of carbonyl (C=O) groups is 1. The van der Waals surface area contributed by atoms with Gasteiger partial charge in [-0.25, -0.2) is 9.97 Å². The Balaban J connectivity index is 1.85. The van der Waals surface area contributed by atoms with E-state index in [4.69, 9.17) is 23.2 Å². The molecule has 7 heteroatoms. The van der Waals surface area contributed by atoms with Crippen LogP contribution in [-0.2, 0) is 0 Å². The van der Waals surface area contributed by atoms with Gasteiger partial charge in [0.15, 0.2) is 0 Å². The molecule has 0 atom stereocenters. The molecule has 1 aromatic heterocycles. The lowest BCUT2D eigenvalue weighted by atomic mass is 10.2. The molecule has 0 saturated heterocycles. The fourth-order valence-electron chi connectivity index (χ4n) is 2.30. The van der Waals surface area contributed by atoms with Crippen molar-refractivity contribution in [3.63, 3.8) is 0 Å². The van der Waals surface area contributed by atoms with Gasteiger partial charge in [-0.15, -0.1) is 0 Å². The van der Waals surface area contributed by atoms with Crippen LogP contribution in [0.5, 0.6) is 0 Å². The largest absolute Gasteiger partial charge is 0.322 e. The van der Waals surface area contributed by atoms with E-state index in [-0.39, 0.29) is 17.5 Å². The van der Waals surface area contributed by atoms with E-state index in [2.05, 4.69) is 20.6 Å². The van der Waals surface area contributed by atoms with E-state index in [0.717, 1.165) is 5.56 Å². The molecule has 26 heavy (non-hydrogen) atoms. The van der Waals surface area contributed by atoms with E-state index in [1.165, 1.54) is 0 Å². The number of benzene rings is 2. The molecule has 5 nitrogen and oxygen atoms in total. The molecular weight excluding hydrogens is 371 g/mol. The van der Waals surface area contributed by atoms with E-state index in [0.29, 0.717) is 27.1 Å². The van der Waals surface area contributed by atoms with Crippen LogP contribution in [0.3, 0.4) is 0 Å². The number of nitrogens with one attached hydrogen (secondary N) is 2. The number of nitrogens with zero attached hydrogens (tertiary/aromatic N) is 2. The standard InChI is InChI=1S/C19H16Cl2N4O/c1-11-6-8-13(9-7-11)23-18(26)16-10-12(2)22-19(24-16)25-17-14(20)4-3-5-15(17)21/h3-10H,1-2H3,(H,23,26)(H,22,24,25). The summed E-state index contributed by atoms with van der Waals surface area (Å²) in [6.07, 6.45) is 0. The molecule has 3 rings (SSSR count). The highest BCUT2D eigenvalue weighted by molar-refractivity contribution is 6.39. The first kappa shape index (κ1) is 18.2. The van der Waals surface area contributed by atoms with Gasteiger partial charge in [0.2, 0.25) is 5.95 Å². The highest BCUT2D eigenvalue weighted by Crippen LogP contribution is 2.31. The SMILES string of the molecule is Cc1ccc(NC(=O)c2cc(C)nc(Nc3c(Cl)cccc3Cl)n2)cc1. The van der Waals surface area contributed by atoms with E-state index < -0.39 is 0 Å². The number of aryl methyl sites for hydroxylation is 2. The zero-order valence-electron chi connectivity index (χ0n) is 14.2. The van der Waals surface area contributed by atoms with Gasteiger partial charge in [-0.3, -0.25) is 4.79 Å². The molecule has 132 valence electrons. The van der Waals surface area contributed by atoms with Crippen LogP contribution < -0.4 is 10.6 Å². The maximum atomic E-state index is 12.5. The van der Waals surface area contributed by atoms with Crippen LogP contribution in [0.2, 0.25) is 10.0 Å². The van der Waals surface area contributed by atoms with Gasteiger partial charge in [0, 0.05) is 11.4 Å². The lowest BCUT2D eigenvalue weighted by Gasteiger charge is -2.11. The summed E-state index contributed by atoms with van der Waals surface area (Å²) in [6.45, 7) is 3.76. The molecule has 3 aromatic rings. The molecule has 0 unspecified atom stereocenters. The van der Waals surface area contributed by atoms with Crippen LogP contribution in [0.15, 0.2) is 48.5 Å². The van der Waals surface area contributed by atoms with Crippen molar-refractivity contribution in [2.75, 3.05) is 10.6 Å². The highest BCUT2D eigenvalue weighted by atomic mass is 35.5. The Kier molecular flexibility index (Phi) is 5.40. The van der Waals surface area contributed by atoms with Crippen molar-refractivity contribution in [2.45, 2.75) is 13.8 Å². The number of hydrogen-bond acceptors (Lipinski definition) is 4. The van der Waals surface area contributed by atoms with E-state index in [9.17, 15) is 4.79 Å². The third-order valence-corrected chi connectivity index (χ3v) is 4.23. The van der Waals surface area contributed by atoms with Crippen molar-refractivity contribution in [3.05, 3.63) is 75.5 Å². The normalized spacial score (nSPS) is 10.5. The summed E-state index contributed by atoms with van der Waals surface area (Å²) in [6, 6.07) is 14.3. The molecule has 1 heterocycles. The predicted octanol–water partition coefficient (Wildman–Crippen LogP) is 5.40. The molecule has 2 aromatic carbocycles. The minimum absolute atomic E-state index is 0.240. The number of para-hydroxylation sites is 1. The molecule has 2 N–H and O–H groups in total. The zero-order valence-corrected chi connectivity index (χ0v) is 15.7. The maximum Gasteiger partial charge on any atom is 0.274 e. The van der Waals surface area contributed by atoms with Crippen molar-refractivity contribution in [1.82, 2.24) is 9.97 Å². The van der Waals surface area contributed by atoms with Crippen LogP contribution in [-0.4, -0.2) is 15.9 Å². The minimum atomic E-state index is -0.326. The third kappa shape index (κ3) is 4.31. The zero-order chi connectivity index (χ0) is 18.7. The average Bonchev–Trinajstić information content (AvgIpc) is 2.60. The summed E-state index contributed by atoms with van der Waals surface area (Å²) in [7, 11) is 0. The molecule has 0 spiro atoms. The van der Waals surface area contributed by atoms with E-state index >= 15 is 0 Å². The summed E-state index contributed by atoms with van der Waals surface area (Å²) in [4.78, 5) is 21.1. The fourth-order valence-corrected chi connectivity index (χ4v) is 2.79. The van der Waals surface area contributed by atoms with Crippen molar-refractivity contribution < 1.29 is 4.79 Å². The number of hydrogen-bond donors (Lipinski definition) is 2. The Morgan fingerprint density at radius 3 is 2.27 bits per heavy atom. The summed E-state index contributed by atoms with van der Waals surface area (Å²) >= 11 is 12.3. The Morgan fingerprint density at radius 2 is 1.62 bits per heavy atom. The van der Waals surface area contributed by atoms with Gasteiger partial charge in [0.25, 0.3) is 5.91 Å². The van der Waals surface area contributed by atoms with Crippen molar-refractivity contribution in [1.29, 1.82) is 0 Å². The van der Waals surface area contributed by atoms with Gasteiger partial charge >= 0.3 is 0 Å². The lowest BCUT2D eigenvalue weighted by molar-refractivity contribution is 0.102. The third-order valence-electron chi connectivity index (χ3n) is 3.60. The predicted molar refractivity (Wildman–Crippen MR) is 106 cm³/mol. The van der Waals surface area contributed by atoms with Gasteiger partial charge < -0.3 is 10.6 Å². The highest BCUT2D eigenvalue weighted by Gasteiger charge is 2.13. The first-order chi connectivity index (χ1) is 12.4. The number of carbonyl (C=O) groups excluding carboxylic acids is 1. The van der Waals surface area contributed by atoms with E-state index in [1.807, 2.05) is 31.2 Å². The van der Waals surface area contributed by atoms with Crippen LogP contribution in [0.25, 0.3) is 0 Å². The quantitative estimate of drug-likeness (QED) is 0.629. The molecule has 0 aliphatic rings. The maximum absolute atomic E-state index is 12.5. The number of halogens is 2. The van der Waals surface area contributed by atoms with Crippen LogP contribution in [0.4, 0.5) is 17.3 Å². The molecule has 0 saturated carbocycles. The Hall–Kier alpha value is -2.63. The Morgan fingerprint density at radius 1 is 0.962 bits per heavy atom. The second-order valence-electron chi connectivity index (χ2n) is 5.76. The van der Waals surface area contributed by atoms with Crippen molar-refractivity contribution in [2.24, 2.45) is 0 Å². The first-order valence-electron chi connectivity index (χ1n) is 7.87. The molecule has 0 aliphatic heterocycles. The molecule has 0 radical (unpaired) electrons. The molecule has 0 fully saturated rings.